The second kappa shape index (κ2) is 6.14. The molecule has 1 aliphatic rings. The zero-order valence-corrected chi connectivity index (χ0v) is 12.9. The molecular weight excluding hydrogens is 272 g/mol. The highest BCUT2D eigenvalue weighted by atomic mass is 32.2. The number of nitrogens with two attached hydrogens (primary N) is 1. The third-order valence-corrected chi connectivity index (χ3v) is 6.11. The fourth-order valence-electron chi connectivity index (χ4n) is 2.81. The van der Waals surface area contributed by atoms with Crippen LogP contribution < -0.4 is 11.1 Å². The summed E-state index contributed by atoms with van der Waals surface area (Å²) in [4.78, 5) is 0.389. The molecule has 3 N–H and O–H groups in total. The molecule has 0 heterocycles. The molecule has 0 unspecified atom stereocenters. The van der Waals surface area contributed by atoms with E-state index in [1.54, 1.807) is 19.1 Å². The molecule has 0 atom stereocenters. The Labute approximate surface area is 121 Å². The molecule has 2 rings (SSSR count). The van der Waals surface area contributed by atoms with Gasteiger partial charge in [-0.15, -0.1) is 0 Å². The third kappa shape index (κ3) is 3.33. The van der Waals surface area contributed by atoms with Crippen molar-refractivity contribution in [2.75, 3.05) is 24.2 Å². The molecule has 0 radical (unpaired) electrons. The number of hydrogen-bond donors (Lipinski definition) is 2. The molecule has 5 heteroatoms. The van der Waals surface area contributed by atoms with Gasteiger partial charge in [0, 0.05) is 12.2 Å². The van der Waals surface area contributed by atoms with Crippen molar-refractivity contribution in [2.45, 2.75) is 37.5 Å². The van der Waals surface area contributed by atoms with Crippen LogP contribution in [0.25, 0.3) is 0 Å². The van der Waals surface area contributed by atoms with Gasteiger partial charge in [0.2, 0.25) is 0 Å². The molecule has 20 heavy (non-hydrogen) atoms. The Bertz CT molecular complexity index is 531. The first kappa shape index (κ1) is 15.3. The van der Waals surface area contributed by atoms with Crippen molar-refractivity contribution in [3.05, 3.63) is 24.3 Å². The maximum absolute atomic E-state index is 11.7. The number of sulfone groups is 1. The van der Waals surface area contributed by atoms with Crippen molar-refractivity contribution in [1.29, 1.82) is 0 Å². The summed E-state index contributed by atoms with van der Waals surface area (Å²) in [6.45, 7) is 3.23. The van der Waals surface area contributed by atoms with Gasteiger partial charge in [-0.05, 0) is 49.1 Å². The number of anilines is 1. The number of benzene rings is 1. The Morgan fingerprint density at radius 1 is 1.20 bits per heavy atom. The lowest BCUT2D eigenvalue weighted by atomic mass is 9.86. The van der Waals surface area contributed by atoms with Crippen LogP contribution >= 0.6 is 0 Å². The van der Waals surface area contributed by atoms with Crippen LogP contribution in [-0.4, -0.2) is 27.3 Å². The number of rotatable bonds is 6. The maximum Gasteiger partial charge on any atom is 0.178 e. The molecule has 0 bridgehead atoms. The molecule has 0 aromatic heterocycles. The minimum absolute atomic E-state index is 0.135. The molecular formula is C15H24N2O2S. The van der Waals surface area contributed by atoms with E-state index in [-0.39, 0.29) is 11.2 Å². The molecule has 1 aromatic carbocycles. The predicted molar refractivity (Wildman–Crippen MR) is 82.6 cm³/mol. The van der Waals surface area contributed by atoms with Gasteiger partial charge in [-0.25, -0.2) is 8.42 Å². The molecule has 1 aromatic rings. The van der Waals surface area contributed by atoms with Crippen LogP contribution in [0.1, 0.15) is 32.6 Å². The molecule has 4 nitrogen and oxygen atoms in total. The first-order valence-corrected chi connectivity index (χ1v) is 8.93. The zero-order chi connectivity index (χ0) is 14.6. The summed E-state index contributed by atoms with van der Waals surface area (Å²) in [6.07, 6.45) is 4.87. The highest BCUT2D eigenvalue weighted by Gasteiger charge is 2.32. The van der Waals surface area contributed by atoms with Gasteiger partial charge in [-0.2, -0.15) is 0 Å². The van der Waals surface area contributed by atoms with Crippen LogP contribution in [0.3, 0.4) is 0 Å². The van der Waals surface area contributed by atoms with Crippen molar-refractivity contribution >= 4 is 15.5 Å². The zero-order valence-electron chi connectivity index (χ0n) is 12.1. The smallest absolute Gasteiger partial charge is 0.178 e. The van der Waals surface area contributed by atoms with Gasteiger partial charge < -0.3 is 11.1 Å². The van der Waals surface area contributed by atoms with Crippen molar-refractivity contribution in [3.8, 4) is 0 Å². The van der Waals surface area contributed by atoms with Crippen molar-refractivity contribution in [2.24, 2.45) is 11.1 Å². The summed E-state index contributed by atoms with van der Waals surface area (Å²) >= 11 is 0. The first-order chi connectivity index (χ1) is 9.51. The molecule has 0 saturated heterocycles. The van der Waals surface area contributed by atoms with E-state index in [1.165, 1.54) is 25.7 Å². The molecule has 0 amide bonds. The molecule has 112 valence electrons. The van der Waals surface area contributed by atoms with Crippen LogP contribution in [0.5, 0.6) is 0 Å². The van der Waals surface area contributed by atoms with E-state index in [0.29, 0.717) is 11.4 Å². The van der Waals surface area contributed by atoms with Crippen molar-refractivity contribution in [3.63, 3.8) is 0 Å². The van der Waals surface area contributed by atoms with Gasteiger partial charge >= 0.3 is 0 Å². The van der Waals surface area contributed by atoms with Gasteiger partial charge in [-0.3, -0.25) is 0 Å². The minimum atomic E-state index is -3.11. The normalized spacial score (nSPS) is 18.1. The summed E-state index contributed by atoms with van der Waals surface area (Å²) in [6, 6.07) is 7.01. The Hall–Kier alpha value is -1.07. The fourth-order valence-corrected chi connectivity index (χ4v) is 3.70. The van der Waals surface area contributed by atoms with E-state index in [0.717, 1.165) is 12.2 Å². The van der Waals surface area contributed by atoms with Gasteiger partial charge in [-0.1, -0.05) is 19.8 Å². The molecule has 1 fully saturated rings. The fraction of sp³-hybridized carbons (Fsp3) is 0.600. The number of nitrogens with one attached hydrogen (secondary N) is 1. The van der Waals surface area contributed by atoms with Gasteiger partial charge in [0.1, 0.15) is 0 Å². The topological polar surface area (TPSA) is 72.2 Å². The van der Waals surface area contributed by atoms with E-state index in [2.05, 4.69) is 5.32 Å². The van der Waals surface area contributed by atoms with Crippen molar-refractivity contribution < 1.29 is 8.42 Å². The summed E-state index contributed by atoms with van der Waals surface area (Å²) in [7, 11) is -3.11. The Kier molecular flexibility index (Phi) is 4.70. The summed E-state index contributed by atoms with van der Waals surface area (Å²) in [5, 5.41) is 3.40. The van der Waals surface area contributed by atoms with Crippen LogP contribution in [0.4, 0.5) is 5.69 Å². The summed E-state index contributed by atoms with van der Waals surface area (Å²) in [5.74, 6) is 0.135. The van der Waals surface area contributed by atoms with Gasteiger partial charge in [0.05, 0.1) is 10.6 Å². The average Bonchev–Trinajstić information content (AvgIpc) is 2.95. The summed E-state index contributed by atoms with van der Waals surface area (Å²) in [5.41, 5.74) is 7.09. The van der Waals surface area contributed by atoms with Crippen molar-refractivity contribution in [1.82, 2.24) is 0 Å². The minimum Gasteiger partial charge on any atom is -0.384 e. The molecule has 1 aliphatic carbocycles. The van der Waals surface area contributed by atoms with E-state index in [9.17, 15) is 8.42 Å². The third-order valence-electron chi connectivity index (χ3n) is 4.36. The van der Waals surface area contributed by atoms with Crippen LogP contribution in [0.15, 0.2) is 29.2 Å². The highest BCUT2D eigenvalue weighted by Crippen LogP contribution is 2.37. The van der Waals surface area contributed by atoms with Gasteiger partial charge in [0.25, 0.3) is 0 Å². The lowest BCUT2D eigenvalue weighted by Crippen LogP contribution is -2.34. The molecule has 1 saturated carbocycles. The maximum atomic E-state index is 11.7. The first-order valence-electron chi connectivity index (χ1n) is 7.28. The Morgan fingerprint density at radius 2 is 1.80 bits per heavy atom. The Morgan fingerprint density at radius 3 is 2.30 bits per heavy atom. The average molecular weight is 296 g/mol. The second-order valence-electron chi connectivity index (χ2n) is 5.69. The predicted octanol–water partition coefficient (Wildman–Crippen LogP) is 2.41. The van der Waals surface area contributed by atoms with Crippen LogP contribution in [-0.2, 0) is 9.84 Å². The van der Waals surface area contributed by atoms with E-state index < -0.39 is 9.84 Å². The van der Waals surface area contributed by atoms with Gasteiger partial charge in [0.15, 0.2) is 9.84 Å². The monoisotopic (exact) mass is 296 g/mol. The second-order valence-corrected chi connectivity index (χ2v) is 7.97. The number of hydrogen-bond acceptors (Lipinski definition) is 4. The Balaban J connectivity index is 2.01. The quantitative estimate of drug-likeness (QED) is 0.845. The van der Waals surface area contributed by atoms with E-state index in [1.807, 2.05) is 12.1 Å². The van der Waals surface area contributed by atoms with E-state index in [4.69, 9.17) is 5.73 Å². The molecule has 0 spiro atoms. The van der Waals surface area contributed by atoms with Crippen LogP contribution in [0.2, 0.25) is 0 Å². The standard InChI is InChI=1S/C15H24N2O2S/c1-2-20(18,19)14-7-5-13(6-8-14)17-12-15(11-16)9-3-4-10-15/h5-8,17H,2-4,9-12,16H2,1H3. The summed E-state index contributed by atoms with van der Waals surface area (Å²) < 4.78 is 23.5. The SMILES string of the molecule is CCS(=O)(=O)c1ccc(NCC2(CN)CCCC2)cc1. The van der Waals surface area contributed by atoms with Crippen LogP contribution in [0, 0.1) is 5.41 Å². The molecule has 0 aliphatic heterocycles. The van der Waals surface area contributed by atoms with E-state index >= 15 is 0 Å². The largest absolute Gasteiger partial charge is 0.384 e. The lowest BCUT2D eigenvalue weighted by Gasteiger charge is -2.28. The lowest BCUT2D eigenvalue weighted by molar-refractivity contribution is 0.332. The highest BCUT2D eigenvalue weighted by molar-refractivity contribution is 7.91.